The monoisotopic (exact) mass is 582 g/mol. The molecule has 10 aromatic rings. The zero-order valence-electron chi connectivity index (χ0n) is 23.3. The fourth-order valence-corrected chi connectivity index (χ4v) is 7.73. The van der Waals surface area contributed by atoms with Crippen molar-refractivity contribution in [1.29, 1.82) is 0 Å². The average Bonchev–Trinajstić information content (AvgIpc) is 3.74. The zero-order valence-corrected chi connectivity index (χ0v) is 24.1. The van der Waals surface area contributed by atoms with Gasteiger partial charge in [-0.15, -0.1) is 11.3 Å². The van der Waals surface area contributed by atoms with E-state index in [1.165, 1.54) is 20.9 Å². The Morgan fingerprint density at radius 3 is 1.93 bits per heavy atom. The summed E-state index contributed by atoms with van der Waals surface area (Å²) in [6.07, 6.45) is 1.99. The van der Waals surface area contributed by atoms with Crippen LogP contribution in [-0.2, 0) is 0 Å². The third-order valence-corrected chi connectivity index (χ3v) is 9.75. The Morgan fingerprint density at radius 2 is 1.09 bits per heavy atom. The third-order valence-electron chi connectivity index (χ3n) is 8.66. The summed E-state index contributed by atoms with van der Waals surface area (Å²) >= 11 is 1.79. The first-order chi connectivity index (χ1) is 21.8. The first-order valence-electron chi connectivity index (χ1n) is 14.6. The number of pyridine rings is 1. The summed E-state index contributed by atoms with van der Waals surface area (Å²) in [5.74, 6) is 0. The molecule has 10 rings (SSSR count). The molecule has 0 N–H and O–H groups in total. The van der Waals surface area contributed by atoms with Crippen molar-refractivity contribution >= 4 is 103 Å². The molecule has 4 aromatic heterocycles. The van der Waals surface area contributed by atoms with Crippen LogP contribution in [0.1, 0.15) is 0 Å². The number of aromatic nitrogens is 1. The molecular formula is C39H22N2O2S. The van der Waals surface area contributed by atoms with Crippen LogP contribution >= 0.6 is 11.3 Å². The van der Waals surface area contributed by atoms with Crippen LogP contribution < -0.4 is 4.90 Å². The van der Waals surface area contributed by atoms with Crippen molar-refractivity contribution < 1.29 is 8.83 Å². The fraction of sp³-hybridized carbons (Fsp3) is 0. The predicted molar refractivity (Wildman–Crippen MR) is 184 cm³/mol. The van der Waals surface area contributed by atoms with Crippen LogP contribution in [0.5, 0.6) is 0 Å². The van der Waals surface area contributed by atoms with Gasteiger partial charge in [0.05, 0.1) is 22.1 Å². The van der Waals surface area contributed by atoms with Gasteiger partial charge < -0.3 is 13.7 Å². The lowest BCUT2D eigenvalue weighted by atomic mass is 10.1. The van der Waals surface area contributed by atoms with Crippen molar-refractivity contribution in [2.75, 3.05) is 4.90 Å². The molecule has 4 nitrogen and oxygen atoms in total. The fourth-order valence-electron chi connectivity index (χ4n) is 6.60. The summed E-state index contributed by atoms with van der Waals surface area (Å²) < 4.78 is 14.9. The Balaban J connectivity index is 1.21. The molecule has 6 aromatic carbocycles. The first-order valence-corrected chi connectivity index (χ1v) is 15.4. The van der Waals surface area contributed by atoms with E-state index in [0.717, 1.165) is 71.2 Å². The molecule has 0 aliphatic heterocycles. The Morgan fingerprint density at radius 1 is 0.455 bits per heavy atom. The minimum absolute atomic E-state index is 0.853. The third kappa shape index (κ3) is 3.47. The van der Waals surface area contributed by atoms with E-state index in [1.807, 2.05) is 30.5 Å². The van der Waals surface area contributed by atoms with E-state index in [-0.39, 0.29) is 0 Å². The van der Waals surface area contributed by atoms with E-state index in [1.54, 1.807) is 11.3 Å². The van der Waals surface area contributed by atoms with Gasteiger partial charge in [-0.05, 0) is 71.4 Å². The zero-order chi connectivity index (χ0) is 28.8. The SMILES string of the molecule is c1ccc2cc3c(cc2c1)sc1cc(N(c2ccc4c(c2)oc2ccccc24)c2ccc4oc5ccccc5c4c2)cnc13. The molecule has 0 bridgehead atoms. The topological polar surface area (TPSA) is 42.4 Å². The van der Waals surface area contributed by atoms with Crippen molar-refractivity contribution in [3.05, 3.63) is 134 Å². The quantitative estimate of drug-likeness (QED) is 0.208. The van der Waals surface area contributed by atoms with Crippen molar-refractivity contribution in [1.82, 2.24) is 4.98 Å². The highest BCUT2D eigenvalue weighted by Gasteiger charge is 2.19. The second-order valence-electron chi connectivity index (χ2n) is 11.2. The molecule has 0 unspecified atom stereocenters. The first kappa shape index (κ1) is 23.9. The minimum Gasteiger partial charge on any atom is -0.456 e. The van der Waals surface area contributed by atoms with E-state index >= 15 is 0 Å². The summed E-state index contributed by atoms with van der Waals surface area (Å²) in [6, 6.07) is 44.6. The molecule has 0 atom stereocenters. The standard InChI is InChI=1S/C39H22N2O2S/c1-2-8-24-18-37-32(17-23(24)7-1)39-38(44-37)21-27(22-40-39)41(25-14-16-35-31(19-25)29-10-4-6-12-34(29)42-35)26-13-15-30-28-9-3-5-11-33(28)43-36(30)20-26/h1-22H. The Hall–Kier alpha value is -5.65. The molecule has 0 saturated carbocycles. The maximum Gasteiger partial charge on any atom is 0.137 e. The number of nitrogens with zero attached hydrogens (tertiary/aromatic N) is 2. The molecule has 0 saturated heterocycles. The van der Waals surface area contributed by atoms with Gasteiger partial charge in [0.25, 0.3) is 0 Å². The van der Waals surface area contributed by atoms with Crippen molar-refractivity contribution in [2.45, 2.75) is 0 Å². The van der Waals surface area contributed by atoms with Crippen LogP contribution in [0.15, 0.2) is 142 Å². The molecule has 0 spiro atoms. The largest absolute Gasteiger partial charge is 0.456 e. The van der Waals surface area contributed by atoms with E-state index in [2.05, 4.69) is 108 Å². The van der Waals surface area contributed by atoms with E-state index in [0.29, 0.717) is 0 Å². The lowest BCUT2D eigenvalue weighted by Crippen LogP contribution is -2.10. The highest BCUT2D eigenvalue weighted by Crippen LogP contribution is 2.43. The average molecular weight is 583 g/mol. The second-order valence-corrected chi connectivity index (χ2v) is 12.3. The molecule has 5 heteroatoms. The maximum atomic E-state index is 6.32. The number of rotatable bonds is 3. The second kappa shape index (κ2) is 8.93. The van der Waals surface area contributed by atoms with Crippen LogP contribution in [0.2, 0.25) is 0 Å². The van der Waals surface area contributed by atoms with Gasteiger partial charge in [-0.3, -0.25) is 4.98 Å². The molecular weight excluding hydrogens is 561 g/mol. The molecule has 206 valence electrons. The number of para-hydroxylation sites is 2. The highest BCUT2D eigenvalue weighted by atomic mass is 32.1. The molecule has 0 aliphatic carbocycles. The van der Waals surface area contributed by atoms with E-state index in [9.17, 15) is 0 Å². The van der Waals surface area contributed by atoms with Crippen LogP contribution in [0.4, 0.5) is 17.1 Å². The summed E-state index contributed by atoms with van der Waals surface area (Å²) in [6.45, 7) is 0. The van der Waals surface area contributed by atoms with Gasteiger partial charge in [-0.25, -0.2) is 0 Å². The molecule has 4 heterocycles. The van der Waals surface area contributed by atoms with Gasteiger partial charge in [-0.2, -0.15) is 0 Å². The predicted octanol–water partition coefficient (Wildman–Crippen LogP) is 11.9. The molecule has 0 fully saturated rings. The van der Waals surface area contributed by atoms with Gasteiger partial charge in [0.15, 0.2) is 0 Å². The van der Waals surface area contributed by atoms with Crippen molar-refractivity contribution in [3.63, 3.8) is 0 Å². The van der Waals surface area contributed by atoms with Crippen molar-refractivity contribution in [3.8, 4) is 0 Å². The molecule has 44 heavy (non-hydrogen) atoms. The van der Waals surface area contributed by atoms with Crippen molar-refractivity contribution in [2.24, 2.45) is 0 Å². The van der Waals surface area contributed by atoms with Gasteiger partial charge >= 0.3 is 0 Å². The summed E-state index contributed by atoms with van der Waals surface area (Å²) in [5.41, 5.74) is 7.52. The van der Waals surface area contributed by atoms with Crippen LogP contribution in [0.3, 0.4) is 0 Å². The number of hydrogen-bond acceptors (Lipinski definition) is 5. The number of furan rings is 2. The van der Waals surface area contributed by atoms with Crippen LogP contribution in [-0.4, -0.2) is 4.98 Å². The molecule has 0 radical (unpaired) electrons. The Bertz CT molecular complexity index is 2750. The molecule has 0 aliphatic rings. The maximum absolute atomic E-state index is 6.32. The lowest BCUT2D eigenvalue weighted by molar-refractivity contribution is 0.668. The smallest absolute Gasteiger partial charge is 0.137 e. The van der Waals surface area contributed by atoms with Crippen LogP contribution in [0, 0.1) is 0 Å². The lowest BCUT2D eigenvalue weighted by Gasteiger charge is -2.25. The van der Waals surface area contributed by atoms with Gasteiger partial charge in [-0.1, -0.05) is 60.7 Å². The van der Waals surface area contributed by atoms with Gasteiger partial charge in [0.2, 0.25) is 0 Å². The number of anilines is 3. The van der Waals surface area contributed by atoms with Gasteiger partial charge in [0.1, 0.15) is 22.3 Å². The number of benzene rings is 6. The van der Waals surface area contributed by atoms with Crippen LogP contribution in [0.25, 0.3) is 75.0 Å². The number of thiophene rings is 1. The summed E-state index contributed by atoms with van der Waals surface area (Å²) in [5, 5.41) is 8.06. The minimum atomic E-state index is 0.853. The highest BCUT2D eigenvalue weighted by molar-refractivity contribution is 7.25. The Kier molecular flexibility index (Phi) is 4.84. The molecule has 0 amide bonds. The number of hydrogen-bond donors (Lipinski definition) is 0. The van der Waals surface area contributed by atoms with E-state index in [4.69, 9.17) is 13.8 Å². The Labute approximate surface area is 255 Å². The van der Waals surface area contributed by atoms with Gasteiger partial charge in [0, 0.05) is 49.1 Å². The normalized spacial score (nSPS) is 12.1. The summed E-state index contributed by atoms with van der Waals surface area (Å²) in [7, 11) is 0. The number of fused-ring (bicyclic) bond motifs is 10. The summed E-state index contributed by atoms with van der Waals surface area (Å²) in [4.78, 5) is 7.34. The van der Waals surface area contributed by atoms with E-state index < -0.39 is 0 Å².